The zero-order chi connectivity index (χ0) is 14.9. The van der Waals surface area contributed by atoms with Gasteiger partial charge < -0.3 is 10.4 Å². The van der Waals surface area contributed by atoms with Crippen LogP contribution >= 0.6 is 0 Å². The summed E-state index contributed by atoms with van der Waals surface area (Å²) in [6.07, 6.45) is 7.73. The number of carbonyl (C=O) groups excluding carboxylic acids is 1. The molecule has 0 saturated heterocycles. The maximum absolute atomic E-state index is 12.1. The van der Waals surface area contributed by atoms with Crippen LogP contribution in [0.4, 0.5) is 0 Å². The molecule has 2 saturated carbocycles. The first-order chi connectivity index (χ1) is 10.1. The number of carboxylic acids is 1. The van der Waals surface area contributed by atoms with Crippen molar-refractivity contribution in [1.29, 1.82) is 0 Å². The highest BCUT2D eigenvalue weighted by molar-refractivity contribution is 5.94. The molecule has 3 rings (SSSR count). The third kappa shape index (κ3) is 3.32. The first kappa shape index (κ1) is 13.9. The van der Waals surface area contributed by atoms with Gasteiger partial charge in [0.2, 0.25) is 0 Å². The first-order valence-electron chi connectivity index (χ1n) is 7.38. The van der Waals surface area contributed by atoms with Gasteiger partial charge in [0.15, 0.2) is 0 Å². The molecule has 0 radical (unpaired) electrons. The molecule has 0 unspecified atom stereocenters. The van der Waals surface area contributed by atoms with Crippen molar-refractivity contribution in [3.63, 3.8) is 0 Å². The molecule has 1 amide bonds. The largest absolute Gasteiger partial charge is 0.478 e. The Morgan fingerprint density at radius 1 is 1.24 bits per heavy atom. The lowest BCUT2D eigenvalue weighted by molar-refractivity contribution is -0.131. The summed E-state index contributed by atoms with van der Waals surface area (Å²) in [5, 5.41) is 11.6. The average molecular weight is 285 g/mol. The minimum Gasteiger partial charge on any atom is -0.478 e. The SMILES string of the molecule is O=C(O)/C=C/c1ccc(C(=O)NCC2(C3CC3)CC2)cc1. The predicted molar refractivity (Wildman–Crippen MR) is 79.8 cm³/mol. The Hall–Kier alpha value is -2.10. The van der Waals surface area contributed by atoms with Crippen LogP contribution in [0, 0.1) is 11.3 Å². The molecule has 4 nitrogen and oxygen atoms in total. The monoisotopic (exact) mass is 285 g/mol. The van der Waals surface area contributed by atoms with Crippen molar-refractivity contribution in [1.82, 2.24) is 5.32 Å². The van der Waals surface area contributed by atoms with Gasteiger partial charge in [0.1, 0.15) is 0 Å². The van der Waals surface area contributed by atoms with Gasteiger partial charge in [-0.3, -0.25) is 4.79 Å². The van der Waals surface area contributed by atoms with Crippen molar-refractivity contribution >= 4 is 18.0 Å². The van der Waals surface area contributed by atoms with Crippen LogP contribution in [0.1, 0.15) is 41.6 Å². The second-order valence-corrected chi connectivity index (χ2v) is 6.11. The fourth-order valence-corrected chi connectivity index (χ4v) is 2.86. The van der Waals surface area contributed by atoms with Gasteiger partial charge in [-0.15, -0.1) is 0 Å². The highest BCUT2D eigenvalue weighted by Crippen LogP contribution is 2.60. The quantitative estimate of drug-likeness (QED) is 0.790. The van der Waals surface area contributed by atoms with Gasteiger partial charge in [-0.05, 0) is 60.8 Å². The lowest BCUT2D eigenvalue weighted by Crippen LogP contribution is -2.31. The van der Waals surface area contributed by atoms with Gasteiger partial charge in [-0.2, -0.15) is 0 Å². The van der Waals surface area contributed by atoms with E-state index >= 15 is 0 Å². The van der Waals surface area contributed by atoms with Crippen molar-refractivity contribution in [3.05, 3.63) is 41.5 Å². The maximum Gasteiger partial charge on any atom is 0.328 e. The van der Waals surface area contributed by atoms with Gasteiger partial charge in [0.05, 0.1) is 0 Å². The summed E-state index contributed by atoms with van der Waals surface area (Å²) in [5.74, 6) is -0.191. The molecule has 4 heteroatoms. The van der Waals surface area contributed by atoms with Crippen molar-refractivity contribution in [3.8, 4) is 0 Å². The highest BCUT2D eigenvalue weighted by atomic mass is 16.4. The Kier molecular flexibility index (Phi) is 3.53. The number of carbonyl (C=O) groups is 2. The number of aliphatic carboxylic acids is 1. The van der Waals surface area contributed by atoms with Gasteiger partial charge in [-0.1, -0.05) is 12.1 Å². The van der Waals surface area contributed by atoms with Gasteiger partial charge in [-0.25, -0.2) is 4.79 Å². The number of hydrogen-bond donors (Lipinski definition) is 2. The van der Waals surface area contributed by atoms with E-state index in [4.69, 9.17) is 5.11 Å². The van der Waals surface area contributed by atoms with Crippen LogP contribution in [-0.4, -0.2) is 23.5 Å². The molecule has 21 heavy (non-hydrogen) atoms. The van der Waals surface area contributed by atoms with Crippen LogP contribution in [0.15, 0.2) is 30.3 Å². The molecule has 1 aromatic carbocycles. The maximum atomic E-state index is 12.1. The Labute approximate surface area is 123 Å². The molecule has 0 aromatic heterocycles. The number of carboxylic acid groups (broad SMARTS) is 1. The summed E-state index contributed by atoms with van der Waals surface area (Å²) in [6.45, 7) is 0.789. The average Bonchev–Trinajstić information content (AvgIpc) is 3.36. The summed E-state index contributed by atoms with van der Waals surface area (Å²) in [5.41, 5.74) is 1.79. The van der Waals surface area contributed by atoms with Crippen LogP contribution in [0.2, 0.25) is 0 Å². The van der Waals surface area contributed by atoms with Crippen molar-refractivity contribution in [2.45, 2.75) is 25.7 Å². The van der Waals surface area contributed by atoms with E-state index in [-0.39, 0.29) is 5.91 Å². The Morgan fingerprint density at radius 3 is 2.43 bits per heavy atom. The van der Waals surface area contributed by atoms with Crippen LogP contribution in [0.3, 0.4) is 0 Å². The van der Waals surface area contributed by atoms with E-state index in [0.717, 1.165) is 24.1 Å². The standard InChI is InChI=1S/C17H19NO3/c19-15(20)8-3-12-1-4-13(5-2-12)16(21)18-11-17(9-10-17)14-6-7-14/h1-5,8,14H,6-7,9-11H2,(H,18,21)(H,19,20)/b8-3+. The van der Waals surface area contributed by atoms with Crippen LogP contribution in [-0.2, 0) is 4.79 Å². The van der Waals surface area contributed by atoms with Crippen LogP contribution in [0.25, 0.3) is 6.08 Å². The molecule has 0 aliphatic heterocycles. The lowest BCUT2D eigenvalue weighted by Gasteiger charge is -2.15. The van der Waals surface area contributed by atoms with Crippen molar-refractivity contribution in [2.75, 3.05) is 6.54 Å². The number of hydrogen-bond acceptors (Lipinski definition) is 2. The fraction of sp³-hybridized carbons (Fsp3) is 0.412. The lowest BCUT2D eigenvalue weighted by atomic mass is 10.0. The summed E-state index contributed by atoms with van der Waals surface area (Å²) in [4.78, 5) is 22.6. The van der Waals surface area contributed by atoms with Crippen molar-refractivity contribution < 1.29 is 14.7 Å². The minimum absolute atomic E-state index is 0.0457. The molecule has 0 atom stereocenters. The molecule has 2 aliphatic rings. The van der Waals surface area contributed by atoms with E-state index in [0.29, 0.717) is 11.0 Å². The zero-order valence-electron chi connectivity index (χ0n) is 11.8. The van der Waals surface area contributed by atoms with Gasteiger partial charge >= 0.3 is 5.97 Å². The molecule has 0 bridgehead atoms. The minimum atomic E-state index is -0.980. The molecule has 2 aliphatic carbocycles. The fourth-order valence-electron chi connectivity index (χ4n) is 2.86. The predicted octanol–water partition coefficient (Wildman–Crippen LogP) is 2.70. The third-order valence-electron chi connectivity index (χ3n) is 4.53. The summed E-state index contributed by atoms with van der Waals surface area (Å²) in [7, 11) is 0. The van der Waals surface area contributed by atoms with E-state index in [2.05, 4.69) is 5.32 Å². The second kappa shape index (κ2) is 5.35. The molecule has 0 heterocycles. The topological polar surface area (TPSA) is 66.4 Å². The number of nitrogens with one attached hydrogen (secondary N) is 1. The Balaban J connectivity index is 1.56. The van der Waals surface area contributed by atoms with Crippen LogP contribution in [0.5, 0.6) is 0 Å². The van der Waals surface area contributed by atoms with E-state index in [1.54, 1.807) is 24.3 Å². The molecule has 110 valence electrons. The first-order valence-corrected chi connectivity index (χ1v) is 7.38. The number of benzene rings is 1. The molecular weight excluding hydrogens is 266 g/mol. The van der Waals surface area contributed by atoms with E-state index in [1.807, 2.05) is 0 Å². The molecule has 2 fully saturated rings. The smallest absolute Gasteiger partial charge is 0.328 e. The van der Waals surface area contributed by atoms with E-state index < -0.39 is 5.97 Å². The molecule has 2 N–H and O–H groups in total. The molecular formula is C17H19NO3. The molecule has 0 spiro atoms. The summed E-state index contributed by atoms with van der Waals surface area (Å²) < 4.78 is 0. The molecule has 1 aromatic rings. The Bertz CT molecular complexity index is 581. The number of rotatable bonds is 6. The summed E-state index contributed by atoms with van der Waals surface area (Å²) >= 11 is 0. The zero-order valence-corrected chi connectivity index (χ0v) is 11.8. The Morgan fingerprint density at radius 2 is 1.90 bits per heavy atom. The summed E-state index contributed by atoms with van der Waals surface area (Å²) in [6, 6.07) is 6.96. The van der Waals surface area contributed by atoms with E-state index in [1.165, 1.54) is 31.8 Å². The van der Waals surface area contributed by atoms with E-state index in [9.17, 15) is 9.59 Å². The van der Waals surface area contributed by atoms with Crippen molar-refractivity contribution in [2.24, 2.45) is 11.3 Å². The second-order valence-electron chi connectivity index (χ2n) is 6.11. The van der Waals surface area contributed by atoms with Gasteiger partial charge in [0, 0.05) is 18.2 Å². The van der Waals surface area contributed by atoms with Crippen LogP contribution < -0.4 is 5.32 Å². The highest BCUT2D eigenvalue weighted by Gasteiger charge is 2.53. The number of amides is 1. The van der Waals surface area contributed by atoms with Gasteiger partial charge in [0.25, 0.3) is 5.91 Å². The third-order valence-corrected chi connectivity index (χ3v) is 4.53. The normalized spacial score (nSPS) is 19.4.